The lowest BCUT2D eigenvalue weighted by molar-refractivity contribution is -0.157. The highest BCUT2D eigenvalue weighted by Crippen LogP contribution is 2.24. The molecule has 0 fully saturated rings. The van der Waals surface area contributed by atoms with Crippen molar-refractivity contribution < 1.29 is 28.3 Å². The van der Waals surface area contributed by atoms with Gasteiger partial charge in [0.1, 0.15) is 6.04 Å². The molecule has 0 saturated heterocycles. The van der Waals surface area contributed by atoms with E-state index in [4.69, 9.17) is 15.8 Å². The summed E-state index contributed by atoms with van der Waals surface area (Å²) in [7, 11) is 0.980. The fraction of sp³-hybridized carbons (Fsp3) is 0.409. The van der Waals surface area contributed by atoms with Crippen molar-refractivity contribution in [1.29, 1.82) is 0 Å². The summed E-state index contributed by atoms with van der Waals surface area (Å²) in [5.41, 5.74) is 2.97. The number of ether oxygens (including phenoxy) is 1. The first-order valence-electron chi connectivity index (χ1n) is 9.70. The van der Waals surface area contributed by atoms with E-state index in [1.54, 1.807) is 19.1 Å². The lowest BCUT2D eigenvalue weighted by Crippen LogP contribution is -2.62. The summed E-state index contributed by atoms with van der Waals surface area (Å²) in [6.07, 6.45) is -2.14. The van der Waals surface area contributed by atoms with Gasteiger partial charge in [0.15, 0.2) is 5.60 Å². The molecule has 1 rings (SSSR count). The average molecular weight is 470 g/mol. The van der Waals surface area contributed by atoms with Crippen LogP contribution in [0.25, 0.3) is 0 Å². The molecule has 0 aliphatic carbocycles. The quantitative estimate of drug-likeness (QED) is 0.0990. The van der Waals surface area contributed by atoms with Crippen molar-refractivity contribution in [3.63, 3.8) is 0 Å². The van der Waals surface area contributed by atoms with Gasteiger partial charge in [0, 0.05) is 23.9 Å². The predicted molar refractivity (Wildman–Crippen MR) is 124 cm³/mol. The second-order valence-electron chi connectivity index (χ2n) is 6.35. The number of hydrazone groups is 1. The molecule has 11 heteroatoms. The number of halogens is 2. The molecule has 2 atom stereocenters. The van der Waals surface area contributed by atoms with Gasteiger partial charge in [0.25, 0.3) is 18.2 Å². The van der Waals surface area contributed by atoms with Gasteiger partial charge in [-0.15, -0.1) is 19.1 Å². The summed E-state index contributed by atoms with van der Waals surface area (Å²) in [4.78, 5) is 23.9. The van der Waals surface area contributed by atoms with Crippen molar-refractivity contribution >= 4 is 17.5 Å². The Morgan fingerprint density at radius 3 is 2.18 bits per heavy atom. The van der Waals surface area contributed by atoms with E-state index in [1.807, 2.05) is 13.8 Å². The van der Waals surface area contributed by atoms with Gasteiger partial charge in [0.2, 0.25) is 0 Å². The first kappa shape index (κ1) is 31.9. The second kappa shape index (κ2) is 17.3. The molecule has 2 amide bonds. The van der Waals surface area contributed by atoms with Crippen LogP contribution in [0.1, 0.15) is 50.0 Å². The second-order valence-corrected chi connectivity index (χ2v) is 6.35. The Hall–Kier alpha value is -3.33. The lowest BCUT2D eigenvalue weighted by atomic mass is 9.95. The number of hydrazine groups is 1. The zero-order chi connectivity index (χ0) is 26.0. The maximum absolute atomic E-state index is 13.3. The Morgan fingerprint density at radius 1 is 1.30 bits per heavy atom. The van der Waals surface area contributed by atoms with Crippen LogP contribution in [0.3, 0.4) is 0 Å². The maximum Gasteiger partial charge on any atom is 0.269 e. The molecule has 0 bridgehead atoms. The molecule has 0 aromatic heterocycles. The van der Waals surface area contributed by atoms with Crippen LogP contribution in [0.15, 0.2) is 42.5 Å². The van der Waals surface area contributed by atoms with Crippen molar-refractivity contribution in [2.24, 2.45) is 10.9 Å². The lowest BCUT2D eigenvalue weighted by Gasteiger charge is -2.34. The maximum atomic E-state index is 13.3. The molecule has 33 heavy (non-hydrogen) atoms. The third-order valence-corrected chi connectivity index (χ3v) is 4.28. The molecule has 2 unspecified atom stereocenters. The molecule has 0 aliphatic rings. The summed E-state index contributed by atoms with van der Waals surface area (Å²) < 4.78 is 31.3. The largest absolute Gasteiger partial charge is 0.370 e. The molecular formula is C22H33F2N5O4. The zero-order valence-electron chi connectivity index (χ0n) is 19.5. The van der Waals surface area contributed by atoms with Crippen LogP contribution in [-0.4, -0.2) is 47.9 Å². The van der Waals surface area contributed by atoms with Gasteiger partial charge in [-0.1, -0.05) is 12.8 Å². The molecule has 1 aromatic carbocycles. The number of alkyl halides is 2. The highest BCUT2D eigenvalue weighted by Gasteiger charge is 2.48. The van der Waals surface area contributed by atoms with Crippen LogP contribution < -0.4 is 22.2 Å². The number of benzene rings is 1. The van der Waals surface area contributed by atoms with Gasteiger partial charge in [-0.3, -0.25) is 14.8 Å². The Labute approximate surface area is 193 Å². The number of methoxy groups -OCH3 is 1. The van der Waals surface area contributed by atoms with Gasteiger partial charge in [-0.25, -0.2) is 25.6 Å². The molecule has 0 heterocycles. The van der Waals surface area contributed by atoms with E-state index in [2.05, 4.69) is 41.0 Å². The first-order valence-corrected chi connectivity index (χ1v) is 9.70. The number of hydrogen-bond donors (Lipinski definition) is 5. The molecule has 6 N–H and O–H groups in total. The minimum absolute atomic E-state index is 0.139. The topological polar surface area (TPSA) is 138 Å². The third-order valence-electron chi connectivity index (χ3n) is 4.28. The van der Waals surface area contributed by atoms with Crippen LogP contribution in [0.5, 0.6) is 0 Å². The number of amides is 2. The van der Waals surface area contributed by atoms with Crippen LogP contribution in [0.4, 0.5) is 8.78 Å². The fourth-order valence-corrected chi connectivity index (χ4v) is 2.12. The highest BCUT2D eigenvalue weighted by atomic mass is 19.3. The SMILES string of the molecule is C=C.CC#Cc1ccc(C(=O)NC(C(=O)NO)C(C)(OC)C(F)F)cc1.CC/C(C)=N/NN. The van der Waals surface area contributed by atoms with Crippen molar-refractivity contribution in [3.8, 4) is 11.8 Å². The zero-order valence-corrected chi connectivity index (χ0v) is 19.5. The van der Waals surface area contributed by atoms with Crippen molar-refractivity contribution in [2.45, 2.75) is 52.2 Å². The summed E-state index contributed by atoms with van der Waals surface area (Å²) >= 11 is 0. The van der Waals surface area contributed by atoms with Gasteiger partial charge >= 0.3 is 0 Å². The summed E-state index contributed by atoms with van der Waals surface area (Å²) in [6.45, 7) is 12.6. The molecule has 0 aliphatic heterocycles. The molecule has 0 radical (unpaired) electrons. The number of rotatable bonds is 8. The van der Waals surface area contributed by atoms with E-state index in [0.717, 1.165) is 26.2 Å². The normalized spacial score (nSPS) is 12.8. The van der Waals surface area contributed by atoms with Crippen LogP contribution in [0, 0.1) is 11.8 Å². The number of hydrogen-bond acceptors (Lipinski definition) is 7. The average Bonchev–Trinajstić information content (AvgIpc) is 2.83. The van der Waals surface area contributed by atoms with Gasteiger partial charge in [0.05, 0.1) is 0 Å². The van der Waals surface area contributed by atoms with Crippen molar-refractivity contribution in [3.05, 3.63) is 48.6 Å². The Bertz CT molecular complexity index is 822. The number of carbonyl (C=O) groups excluding carboxylic acids is 2. The third kappa shape index (κ3) is 10.7. The van der Waals surface area contributed by atoms with E-state index >= 15 is 0 Å². The van der Waals surface area contributed by atoms with Gasteiger partial charge < -0.3 is 10.1 Å². The highest BCUT2D eigenvalue weighted by molar-refractivity contribution is 5.97. The van der Waals surface area contributed by atoms with Crippen LogP contribution in [0.2, 0.25) is 0 Å². The number of hydroxylamine groups is 1. The number of nitrogens with two attached hydrogens (primary N) is 1. The molecule has 0 spiro atoms. The monoisotopic (exact) mass is 469 g/mol. The van der Waals surface area contributed by atoms with Crippen molar-refractivity contribution in [2.75, 3.05) is 7.11 Å². The number of nitrogens with zero attached hydrogens (tertiary/aromatic N) is 1. The minimum atomic E-state index is -3.09. The summed E-state index contributed by atoms with van der Waals surface area (Å²) in [5.74, 6) is 8.36. The molecule has 0 saturated carbocycles. The Kier molecular flexibility index (Phi) is 16.7. The first-order chi connectivity index (χ1) is 15.6. The smallest absolute Gasteiger partial charge is 0.269 e. The molecule has 9 nitrogen and oxygen atoms in total. The van der Waals surface area contributed by atoms with E-state index in [9.17, 15) is 18.4 Å². The van der Waals surface area contributed by atoms with E-state index in [-0.39, 0.29) is 5.56 Å². The number of carbonyl (C=O) groups is 2. The standard InChI is InChI=1S/C16H18F2N2O4.C4H11N3.C2H4/c1-4-5-10-6-8-11(9-7-10)13(21)19-12(14(22)20-23)16(2,24-3)15(17)18;1-3-4(2)6-7-5;1-2/h6-9,12,15,23H,1-3H3,(H,19,21)(H,20,22);7H,3,5H2,1-2H3;1-2H2/b;6-4+;. The molecular weight excluding hydrogens is 436 g/mol. The Morgan fingerprint density at radius 2 is 1.85 bits per heavy atom. The van der Waals surface area contributed by atoms with Crippen LogP contribution in [-0.2, 0) is 9.53 Å². The predicted octanol–water partition coefficient (Wildman–Crippen LogP) is 2.37. The van der Waals surface area contributed by atoms with Gasteiger partial charge in [-0.05, 0) is 51.5 Å². The fourth-order valence-electron chi connectivity index (χ4n) is 2.12. The molecule has 184 valence electrons. The molecule has 1 aromatic rings. The van der Waals surface area contributed by atoms with Crippen molar-refractivity contribution in [1.82, 2.24) is 16.3 Å². The van der Waals surface area contributed by atoms with E-state index in [0.29, 0.717) is 5.56 Å². The minimum Gasteiger partial charge on any atom is -0.370 e. The summed E-state index contributed by atoms with van der Waals surface area (Å²) in [6, 6.07) is 4.23. The van der Waals surface area contributed by atoms with Crippen LogP contribution >= 0.6 is 0 Å². The van der Waals surface area contributed by atoms with E-state index < -0.39 is 29.9 Å². The van der Waals surface area contributed by atoms with E-state index in [1.165, 1.54) is 17.6 Å². The summed E-state index contributed by atoms with van der Waals surface area (Å²) in [5, 5.41) is 14.6. The van der Waals surface area contributed by atoms with Gasteiger partial charge in [-0.2, -0.15) is 5.10 Å². The number of nitrogens with one attached hydrogen (secondary N) is 3. The Balaban J connectivity index is 0.